The van der Waals surface area contributed by atoms with Gasteiger partial charge in [-0.05, 0) is 56.1 Å². The lowest BCUT2D eigenvalue weighted by Crippen LogP contribution is -2.40. The molecule has 1 spiro atoms. The van der Waals surface area contributed by atoms with Crippen molar-refractivity contribution in [3.8, 4) is 0 Å². The number of benzene rings is 2. The van der Waals surface area contributed by atoms with E-state index < -0.39 is 11.7 Å². The van der Waals surface area contributed by atoms with Gasteiger partial charge in [-0.25, -0.2) is 4.98 Å². The summed E-state index contributed by atoms with van der Waals surface area (Å²) in [5.74, 6) is 1.37. The summed E-state index contributed by atoms with van der Waals surface area (Å²) in [4.78, 5) is 18.6. The zero-order valence-electron chi connectivity index (χ0n) is 19.2. The lowest BCUT2D eigenvalue weighted by atomic mass is 9.84. The number of Topliss-reactive ketones (excluding diaryl/α,β-unsaturated/α-hetero) is 1. The smallest absolute Gasteiger partial charge is 0.198 e. The van der Waals surface area contributed by atoms with Crippen LogP contribution in [0.25, 0.3) is 10.9 Å². The number of ether oxygens (including phenoxy) is 1. The normalized spacial score (nSPS) is 19.1. The lowest BCUT2D eigenvalue weighted by molar-refractivity contribution is -0.0805. The van der Waals surface area contributed by atoms with Crippen LogP contribution in [0.2, 0.25) is 5.02 Å². The number of piperidine rings is 1. The molecule has 0 amide bonds. The maximum Gasteiger partial charge on any atom is 0.198 e. The van der Waals surface area contributed by atoms with Gasteiger partial charge in [0.15, 0.2) is 11.7 Å². The molecule has 2 aromatic heterocycles. The van der Waals surface area contributed by atoms with Crippen molar-refractivity contribution >= 4 is 28.3 Å². The fraction of sp³-hybridized carbons (Fsp3) is 0.333. The van der Waals surface area contributed by atoms with E-state index in [0.29, 0.717) is 23.0 Å². The maximum absolute atomic E-state index is 14.1. The average molecular weight is 476 g/mol. The first-order valence-corrected chi connectivity index (χ1v) is 12.1. The molecule has 4 heterocycles. The molecule has 0 unspecified atom stereocenters. The molecule has 1 saturated heterocycles. The van der Waals surface area contributed by atoms with Gasteiger partial charge in [0.2, 0.25) is 0 Å². The zero-order valence-corrected chi connectivity index (χ0v) is 20.0. The molecule has 1 atom stereocenters. The molecule has 34 heavy (non-hydrogen) atoms. The molecular formula is C27H26ClN3O3. The van der Waals surface area contributed by atoms with Crippen molar-refractivity contribution in [2.75, 3.05) is 13.1 Å². The first-order valence-electron chi connectivity index (χ1n) is 11.7. The van der Waals surface area contributed by atoms with E-state index in [1.165, 1.54) is 0 Å². The number of nitrogens with zero attached hydrogens (tertiary/aromatic N) is 2. The third kappa shape index (κ3) is 3.40. The molecule has 6 nitrogen and oxygen atoms in total. The Morgan fingerprint density at radius 1 is 1.21 bits per heavy atom. The SMILES string of the molecule is Cc1nc(Cn2cc(C(=O)[C@@H]3OC4(CCNCC4)c4ccccc43)c3ccc(Cl)cc32)c(C)o1. The van der Waals surface area contributed by atoms with Crippen LogP contribution < -0.4 is 5.32 Å². The number of hydrogen-bond donors (Lipinski definition) is 1. The molecule has 2 aliphatic heterocycles. The van der Waals surface area contributed by atoms with Gasteiger partial charge in [0.1, 0.15) is 17.6 Å². The average Bonchev–Trinajstić information content (AvgIpc) is 3.46. The zero-order chi connectivity index (χ0) is 23.4. The molecule has 7 heteroatoms. The van der Waals surface area contributed by atoms with Crippen LogP contribution in [-0.4, -0.2) is 28.4 Å². The second-order valence-electron chi connectivity index (χ2n) is 9.26. The van der Waals surface area contributed by atoms with Gasteiger partial charge in [0, 0.05) is 29.1 Å². The molecular weight excluding hydrogens is 450 g/mol. The van der Waals surface area contributed by atoms with E-state index in [0.717, 1.165) is 59.4 Å². The standard InChI is InChI=1S/C27H26ClN3O3/c1-16-23(30-17(2)33-16)15-31-14-21(19-8-7-18(28)13-24(19)31)25(32)26-20-5-3-4-6-22(20)27(34-26)9-11-29-12-10-27/h3-8,13-14,26,29H,9-12,15H2,1-2H3/t26-/m1/s1. The van der Waals surface area contributed by atoms with Crippen molar-refractivity contribution in [2.24, 2.45) is 0 Å². The van der Waals surface area contributed by atoms with Crippen molar-refractivity contribution in [3.05, 3.63) is 87.7 Å². The number of ketones is 1. The molecule has 0 saturated carbocycles. The quantitative estimate of drug-likeness (QED) is 0.396. The van der Waals surface area contributed by atoms with Crippen LogP contribution in [0.5, 0.6) is 0 Å². The fourth-order valence-electron chi connectivity index (χ4n) is 5.52. The summed E-state index contributed by atoms with van der Waals surface area (Å²) >= 11 is 6.35. The summed E-state index contributed by atoms with van der Waals surface area (Å²) in [5, 5.41) is 4.89. The van der Waals surface area contributed by atoms with Crippen LogP contribution in [0.1, 0.15) is 57.8 Å². The van der Waals surface area contributed by atoms with E-state index in [9.17, 15) is 4.79 Å². The van der Waals surface area contributed by atoms with E-state index in [1.807, 2.05) is 61.0 Å². The first-order chi connectivity index (χ1) is 16.4. The molecule has 1 N–H and O–H groups in total. The highest BCUT2D eigenvalue weighted by molar-refractivity contribution is 6.31. The Kier molecular flexibility index (Phi) is 5.13. The van der Waals surface area contributed by atoms with Gasteiger partial charge < -0.3 is 19.0 Å². The summed E-state index contributed by atoms with van der Waals surface area (Å²) in [5.41, 5.74) is 4.08. The van der Waals surface area contributed by atoms with Crippen LogP contribution in [-0.2, 0) is 16.9 Å². The van der Waals surface area contributed by atoms with Crippen LogP contribution in [0.15, 0.2) is 53.1 Å². The minimum atomic E-state index is -0.625. The van der Waals surface area contributed by atoms with Crippen molar-refractivity contribution in [3.63, 3.8) is 0 Å². The molecule has 0 aliphatic carbocycles. The van der Waals surface area contributed by atoms with Crippen molar-refractivity contribution in [2.45, 2.75) is 44.9 Å². The largest absolute Gasteiger partial charge is 0.446 e. The van der Waals surface area contributed by atoms with E-state index >= 15 is 0 Å². The van der Waals surface area contributed by atoms with Gasteiger partial charge in [0.05, 0.1) is 17.7 Å². The van der Waals surface area contributed by atoms with Crippen molar-refractivity contribution in [1.82, 2.24) is 14.9 Å². The van der Waals surface area contributed by atoms with E-state index in [-0.39, 0.29) is 5.78 Å². The molecule has 2 aromatic carbocycles. The molecule has 0 radical (unpaired) electrons. The van der Waals surface area contributed by atoms with Gasteiger partial charge in [-0.1, -0.05) is 41.9 Å². The second-order valence-corrected chi connectivity index (χ2v) is 9.70. The molecule has 174 valence electrons. The van der Waals surface area contributed by atoms with Crippen molar-refractivity contribution in [1.29, 1.82) is 0 Å². The van der Waals surface area contributed by atoms with Gasteiger partial charge in [-0.2, -0.15) is 0 Å². The monoisotopic (exact) mass is 475 g/mol. The second kappa shape index (κ2) is 8.08. The van der Waals surface area contributed by atoms with E-state index in [1.54, 1.807) is 0 Å². The number of carbonyl (C=O) groups excluding carboxylic acids is 1. The van der Waals surface area contributed by atoms with Crippen LogP contribution in [0.4, 0.5) is 0 Å². The molecule has 1 fully saturated rings. The van der Waals surface area contributed by atoms with Gasteiger partial charge >= 0.3 is 0 Å². The Hall–Kier alpha value is -2.93. The number of oxazole rings is 1. The Morgan fingerprint density at radius 2 is 2.00 bits per heavy atom. The molecule has 2 aliphatic rings. The third-order valence-corrected chi connectivity index (χ3v) is 7.39. The van der Waals surface area contributed by atoms with Gasteiger partial charge in [0.25, 0.3) is 0 Å². The highest BCUT2D eigenvalue weighted by Crippen LogP contribution is 2.49. The minimum absolute atomic E-state index is 0.0259. The number of nitrogens with one attached hydrogen (secondary N) is 1. The topological polar surface area (TPSA) is 69.3 Å². The van der Waals surface area contributed by atoms with Crippen LogP contribution >= 0.6 is 11.6 Å². The predicted octanol–water partition coefficient (Wildman–Crippen LogP) is 5.48. The first kappa shape index (κ1) is 21.6. The number of carbonyl (C=O) groups is 1. The Balaban J connectivity index is 1.43. The number of aromatic nitrogens is 2. The number of fused-ring (bicyclic) bond motifs is 3. The molecule has 0 bridgehead atoms. The fourth-order valence-corrected chi connectivity index (χ4v) is 5.69. The number of aryl methyl sites for hydroxylation is 2. The summed E-state index contributed by atoms with van der Waals surface area (Å²) in [6, 6.07) is 13.8. The molecule has 6 rings (SSSR count). The van der Waals surface area contributed by atoms with Crippen LogP contribution in [0.3, 0.4) is 0 Å². The van der Waals surface area contributed by atoms with Gasteiger partial charge in [-0.15, -0.1) is 0 Å². The van der Waals surface area contributed by atoms with E-state index in [4.69, 9.17) is 20.8 Å². The maximum atomic E-state index is 14.1. The third-order valence-electron chi connectivity index (χ3n) is 7.16. The molecule has 4 aromatic rings. The number of halogens is 1. The van der Waals surface area contributed by atoms with Crippen molar-refractivity contribution < 1.29 is 13.9 Å². The Morgan fingerprint density at radius 3 is 2.76 bits per heavy atom. The number of rotatable bonds is 4. The van der Waals surface area contributed by atoms with Crippen LogP contribution in [0, 0.1) is 13.8 Å². The number of hydrogen-bond acceptors (Lipinski definition) is 5. The summed E-state index contributed by atoms with van der Waals surface area (Å²) in [6.45, 7) is 5.99. The summed E-state index contributed by atoms with van der Waals surface area (Å²) < 4.78 is 14.3. The highest BCUT2D eigenvalue weighted by Gasteiger charge is 2.48. The Labute approximate surface area is 202 Å². The Bertz CT molecular complexity index is 1410. The highest BCUT2D eigenvalue weighted by atomic mass is 35.5. The van der Waals surface area contributed by atoms with E-state index in [2.05, 4.69) is 16.4 Å². The van der Waals surface area contributed by atoms with Gasteiger partial charge in [-0.3, -0.25) is 4.79 Å². The summed E-state index contributed by atoms with van der Waals surface area (Å²) in [6.07, 6.45) is 3.00. The predicted molar refractivity (Wildman–Crippen MR) is 130 cm³/mol. The minimum Gasteiger partial charge on any atom is -0.446 e. The lowest BCUT2D eigenvalue weighted by Gasteiger charge is -2.34. The summed E-state index contributed by atoms with van der Waals surface area (Å²) in [7, 11) is 0.